The minimum absolute atomic E-state index is 0.00205. The number of hydrogen-bond acceptors (Lipinski definition) is 2. The summed E-state index contributed by atoms with van der Waals surface area (Å²) in [5.41, 5.74) is 7.91. The molecule has 29 heavy (non-hydrogen) atoms. The van der Waals surface area contributed by atoms with Crippen molar-refractivity contribution in [3.63, 3.8) is 0 Å². The second-order valence-electron chi connectivity index (χ2n) is 10.2. The molecule has 0 aliphatic rings. The SMILES string of the molecule is Cc1ccc(Nc2cccc3c2oc2c(C(C)(C)C)cc(C(C)(C)C)cc23)cc1. The van der Waals surface area contributed by atoms with E-state index in [-0.39, 0.29) is 10.8 Å². The van der Waals surface area contributed by atoms with Crippen molar-refractivity contribution in [3.8, 4) is 0 Å². The van der Waals surface area contributed by atoms with Gasteiger partial charge in [0.15, 0.2) is 5.58 Å². The van der Waals surface area contributed by atoms with Gasteiger partial charge in [-0.2, -0.15) is 0 Å². The highest BCUT2D eigenvalue weighted by molar-refractivity contribution is 6.10. The summed E-state index contributed by atoms with van der Waals surface area (Å²) in [6.45, 7) is 15.7. The zero-order valence-corrected chi connectivity index (χ0v) is 18.6. The van der Waals surface area contributed by atoms with E-state index in [1.54, 1.807) is 0 Å². The number of anilines is 2. The fourth-order valence-electron chi connectivity index (χ4n) is 3.78. The van der Waals surface area contributed by atoms with Crippen molar-refractivity contribution in [2.24, 2.45) is 0 Å². The smallest absolute Gasteiger partial charge is 0.158 e. The third-order valence-electron chi connectivity index (χ3n) is 5.60. The Kier molecular flexibility index (Phi) is 4.49. The van der Waals surface area contributed by atoms with Crippen molar-refractivity contribution < 1.29 is 4.42 Å². The number of rotatable bonds is 2. The molecule has 4 rings (SSSR count). The summed E-state index contributed by atoms with van der Waals surface area (Å²) in [6, 6.07) is 19.5. The number of furan rings is 1. The van der Waals surface area contributed by atoms with Crippen molar-refractivity contribution in [1.29, 1.82) is 0 Å². The van der Waals surface area contributed by atoms with E-state index < -0.39 is 0 Å². The number of aryl methyl sites for hydroxylation is 1. The fraction of sp³-hybridized carbons (Fsp3) is 0.333. The first-order chi connectivity index (χ1) is 13.5. The van der Waals surface area contributed by atoms with E-state index >= 15 is 0 Å². The first-order valence-corrected chi connectivity index (χ1v) is 10.4. The number of nitrogens with one attached hydrogen (secondary N) is 1. The molecule has 0 fully saturated rings. The maximum atomic E-state index is 6.54. The van der Waals surface area contributed by atoms with E-state index in [2.05, 4.69) is 108 Å². The lowest BCUT2D eigenvalue weighted by atomic mass is 9.79. The highest BCUT2D eigenvalue weighted by atomic mass is 16.3. The highest BCUT2D eigenvalue weighted by Gasteiger charge is 2.25. The van der Waals surface area contributed by atoms with Gasteiger partial charge in [-0.05, 0) is 47.6 Å². The molecule has 0 spiro atoms. The molecule has 1 heterocycles. The molecular formula is C27H31NO. The van der Waals surface area contributed by atoms with Crippen molar-refractivity contribution in [2.75, 3.05) is 5.32 Å². The predicted octanol–water partition coefficient (Wildman–Crippen LogP) is 8.23. The fourth-order valence-corrected chi connectivity index (χ4v) is 3.78. The quantitative estimate of drug-likeness (QED) is 0.376. The Hall–Kier alpha value is -2.74. The van der Waals surface area contributed by atoms with E-state index in [9.17, 15) is 0 Å². The van der Waals surface area contributed by atoms with Gasteiger partial charge in [-0.15, -0.1) is 0 Å². The number of para-hydroxylation sites is 1. The molecule has 0 aliphatic heterocycles. The van der Waals surface area contributed by atoms with Gasteiger partial charge in [-0.3, -0.25) is 0 Å². The Morgan fingerprint density at radius 2 is 1.41 bits per heavy atom. The average molecular weight is 386 g/mol. The summed E-state index contributed by atoms with van der Waals surface area (Å²) in [6.07, 6.45) is 0. The Labute approximate surface area is 173 Å². The summed E-state index contributed by atoms with van der Waals surface area (Å²) in [7, 11) is 0. The van der Waals surface area contributed by atoms with Crippen LogP contribution in [0.2, 0.25) is 0 Å². The summed E-state index contributed by atoms with van der Waals surface area (Å²) >= 11 is 0. The third kappa shape index (κ3) is 3.64. The van der Waals surface area contributed by atoms with Gasteiger partial charge in [0.05, 0.1) is 5.69 Å². The lowest BCUT2D eigenvalue weighted by Gasteiger charge is -2.25. The lowest BCUT2D eigenvalue weighted by molar-refractivity contribution is 0.559. The first-order valence-electron chi connectivity index (χ1n) is 10.4. The number of benzene rings is 3. The largest absolute Gasteiger partial charge is 0.454 e. The molecule has 0 amide bonds. The Morgan fingerprint density at radius 3 is 2.03 bits per heavy atom. The Morgan fingerprint density at radius 1 is 0.724 bits per heavy atom. The van der Waals surface area contributed by atoms with E-state index in [4.69, 9.17) is 4.42 Å². The van der Waals surface area contributed by atoms with Crippen LogP contribution in [0.4, 0.5) is 11.4 Å². The molecule has 2 nitrogen and oxygen atoms in total. The van der Waals surface area contributed by atoms with Crippen LogP contribution in [0.3, 0.4) is 0 Å². The molecule has 0 radical (unpaired) electrons. The topological polar surface area (TPSA) is 25.2 Å². The van der Waals surface area contributed by atoms with Gasteiger partial charge in [0, 0.05) is 22.0 Å². The molecule has 150 valence electrons. The van der Waals surface area contributed by atoms with E-state index in [1.165, 1.54) is 22.1 Å². The van der Waals surface area contributed by atoms with Crippen LogP contribution < -0.4 is 5.32 Å². The van der Waals surface area contributed by atoms with Crippen molar-refractivity contribution >= 4 is 33.3 Å². The maximum absolute atomic E-state index is 6.54. The maximum Gasteiger partial charge on any atom is 0.158 e. The normalized spacial score (nSPS) is 12.7. The second kappa shape index (κ2) is 6.66. The standard InChI is InChI=1S/C27H31NO/c1-17-11-13-19(14-12-17)28-23-10-8-9-20-21-15-18(26(2,3)4)16-22(27(5,6)7)24(21)29-25(20)23/h8-16,28H,1-7H3. The van der Waals surface area contributed by atoms with Crippen LogP contribution in [-0.4, -0.2) is 0 Å². The summed E-state index contributed by atoms with van der Waals surface area (Å²) in [5.74, 6) is 0. The van der Waals surface area contributed by atoms with Gasteiger partial charge in [-0.1, -0.05) is 77.4 Å². The highest BCUT2D eigenvalue weighted by Crippen LogP contribution is 2.42. The van der Waals surface area contributed by atoms with Crippen LogP contribution in [0.1, 0.15) is 58.2 Å². The number of fused-ring (bicyclic) bond motifs is 3. The van der Waals surface area contributed by atoms with E-state index in [1.807, 2.05) is 0 Å². The van der Waals surface area contributed by atoms with Crippen LogP contribution in [0.15, 0.2) is 59.0 Å². The molecule has 3 aromatic carbocycles. The van der Waals surface area contributed by atoms with Crippen LogP contribution >= 0.6 is 0 Å². The molecule has 0 saturated heterocycles. The molecule has 0 bridgehead atoms. The van der Waals surface area contributed by atoms with Gasteiger partial charge in [0.25, 0.3) is 0 Å². The van der Waals surface area contributed by atoms with Gasteiger partial charge in [0.1, 0.15) is 5.58 Å². The van der Waals surface area contributed by atoms with Crippen LogP contribution in [-0.2, 0) is 10.8 Å². The monoisotopic (exact) mass is 385 g/mol. The van der Waals surface area contributed by atoms with Crippen molar-refractivity contribution in [3.05, 3.63) is 71.3 Å². The van der Waals surface area contributed by atoms with E-state index in [0.717, 1.165) is 27.9 Å². The van der Waals surface area contributed by atoms with Crippen LogP contribution in [0.5, 0.6) is 0 Å². The summed E-state index contributed by atoms with van der Waals surface area (Å²) in [5, 5.41) is 5.90. The molecular weight excluding hydrogens is 354 g/mol. The van der Waals surface area contributed by atoms with Gasteiger partial charge in [0.2, 0.25) is 0 Å². The zero-order chi connectivity index (χ0) is 21.0. The Balaban J connectivity index is 1.97. The average Bonchev–Trinajstić information content (AvgIpc) is 3.01. The van der Waals surface area contributed by atoms with Crippen LogP contribution in [0, 0.1) is 6.92 Å². The molecule has 0 saturated carbocycles. The molecule has 2 heteroatoms. The second-order valence-corrected chi connectivity index (χ2v) is 10.2. The first kappa shape index (κ1) is 19.6. The predicted molar refractivity (Wildman–Crippen MR) is 126 cm³/mol. The molecule has 4 aromatic rings. The van der Waals surface area contributed by atoms with Crippen molar-refractivity contribution in [2.45, 2.75) is 59.3 Å². The molecule has 0 aliphatic carbocycles. The van der Waals surface area contributed by atoms with Crippen molar-refractivity contribution in [1.82, 2.24) is 0 Å². The molecule has 0 atom stereocenters. The number of hydrogen-bond donors (Lipinski definition) is 1. The van der Waals surface area contributed by atoms with Gasteiger partial charge >= 0.3 is 0 Å². The zero-order valence-electron chi connectivity index (χ0n) is 18.6. The van der Waals surface area contributed by atoms with Crippen LogP contribution in [0.25, 0.3) is 21.9 Å². The Bertz CT molecular complexity index is 1180. The molecule has 1 N–H and O–H groups in total. The minimum Gasteiger partial charge on any atom is -0.454 e. The van der Waals surface area contributed by atoms with Gasteiger partial charge in [-0.25, -0.2) is 0 Å². The summed E-state index contributed by atoms with van der Waals surface area (Å²) < 4.78 is 6.54. The van der Waals surface area contributed by atoms with Gasteiger partial charge < -0.3 is 9.73 Å². The minimum atomic E-state index is -0.00205. The lowest BCUT2D eigenvalue weighted by Crippen LogP contribution is -2.16. The van der Waals surface area contributed by atoms with E-state index in [0.29, 0.717) is 0 Å². The molecule has 0 unspecified atom stereocenters. The third-order valence-corrected chi connectivity index (χ3v) is 5.60. The molecule has 1 aromatic heterocycles. The summed E-state index contributed by atoms with van der Waals surface area (Å²) in [4.78, 5) is 0.